The number of nitrogens with one attached hydrogen (secondary N) is 2. The number of hydrogen-bond donors (Lipinski definition) is 2. The lowest BCUT2D eigenvalue weighted by Crippen LogP contribution is -2.31. The minimum absolute atomic E-state index is 0.240. The van der Waals surface area contributed by atoms with Crippen molar-refractivity contribution in [1.29, 1.82) is 0 Å². The maximum Gasteiger partial charge on any atom is 0.211 e. The van der Waals surface area contributed by atoms with E-state index in [-0.39, 0.29) is 5.75 Å². The first-order valence-electron chi connectivity index (χ1n) is 7.29. The second kappa shape index (κ2) is 7.20. The lowest BCUT2D eigenvalue weighted by atomic mass is 9.96. The molecule has 20 heavy (non-hydrogen) atoms. The minimum Gasteiger partial charge on any atom is -0.317 e. The van der Waals surface area contributed by atoms with E-state index in [1.54, 1.807) is 0 Å². The van der Waals surface area contributed by atoms with Gasteiger partial charge in [-0.15, -0.1) is 0 Å². The first kappa shape index (κ1) is 15.5. The van der Waals surface area contributed by atoms with Crippen LogP contribution in [0.15, 0.2) is 24.3 Å². The van der Waals surface area contributed by atoms with Crippen LogP contribution in [0.3, 0.4) is 0 Å². The summed E-state index contributed by atoms with van der Waals surface area (Å²) in [6.07, 6.45) is 2.95. The van der Waals surface area contributed by atoms with Crippen LogP contribution < -0.4 is 10.0 Å². The van der Waals surface area contributed by atoms with Crippen molar-refractivity contribution in [1.82, 2.24) is 10.0 Å². The van der Waals surface area contributed by atoms with Crippen molar-refractivity contribution in [2.75, 3.05) is 18.8 Å². The van der Waals surface area contributed by atoms with E-state index >= 15 is 0 Å². The Balaban J connectivity index is 1.78. The Labute approximate surface area is 122 Å². The molecule has 1 heterocycles. The molecule has 1 aliphatic heterocycles. The van der Waals surface area contributed by atoms with Gasteiger partial charge in [-0.05, 0) is 50.8 Å². The zero-order valence-corrected chi connectivity index (χ0v) is 12.9. The van der Waals surface area contributed by atoms with E-state index in [1.165, 1.54) is 0 Å². The molecule has 1 aromatic rings. The number of rotatable bonds is 6. The van der Waals surface area contributed by atoms with Gasteiger partial charge < -0.3 is 5.32 Å². The molecule has 1 fully saturated rings. The third-order valence-corrected chi connectivity index (χ3v) is 5.19. The Bertz CT molecular complexity index is 522. The standard InChI is InChI=1S/C15H24N2O2S/c1-13-3-2-4-15(11-13)12-17-20(18,19)10-7-14-5-8-16-9-6-14/h2-4,11,14,16-17H,5-10,12H2,1H3. The highest BCUT2D eigenvalue weighted by molar-refractivity contribution is 7.89. The number of aryl methyl sites for hydroxylation is 1. The van der Waals surface area contributed by atoms with Gasteiger partial charge in [-0.3, -0.25) is 0 Å². The van der Waals surface area contributed by atoms with Crippen molar-refractivity contribution in [3.63, 3.8) is 0 Å². The van der Waals surface area contributed by atoms with Crippen LogP contribution in [0.25, 0.3) is 0 Å². The maximum absolute atomic E-state index is 12.0. The summed E-state index contributed by atoms with van der Waals surface area (Å²) in [7, 11) is -3.16. The zero-order chi connectivity index (χ0) is 14.4. The van der Waals surface area contributed by atoms with Crippen molar-refractivity contribution < 1.29 is 8.42 Å². The molecule has 0 unspecified atom stereocenters. The van der Waals surface area contributed by atoms with Gasteiger partial charge in [0.1, 0.15) is 0 Å². The van der Waals surface area contributed by atoms with E-state index in [0.717, 1.165) is 43.5 Å². The van der Waals surface area contributed by atoms with Gasteiger partial charge >= 0.3 is 0 Å². The molecule has 1 saturated heterocycles. The fourth-order valence-electron chi connectivity index (χ4n) is 2.58. The van der Waals surface area contributed by atoms with Crippen LogP contribution >= 0.6 is 0 Å². The summed E-state index contributed by atoms with van der Waals surface area (Å²) in [5, 5.41) is 3.30. The van der Waals surface area contributed by atoms with Gasteiger partial charge in [0, 0.05) is 6.54 Å². The van der Waals surface area contributed by atoms with Crippen LogP contribution in [-0.4, -0.2) is 27.3 Å². The molecule has 0 aromatic heterocycles. The van der Waals surface area contributed by atoms with Crippen molar-refractivity contribution in [3.8, 4) is 0 Å². The molecular weight excluding hydrogens is 272 g/mol. The van der Waals surface area contributed by atoms with Gasteiger partial charge in [0.25, 0.3) is 0 Å². The van der Waals surface area contributed by atoms with Gasteiger partial charge in [0.2, 0.25) is 10.0 Å². The Morgan fingerprint density at radius 3 is 2.75 bits per heavy atom. The molecule has 2 rings (SSSR count). The summed E-state index contributed by atoms with van der Waals surface area (Å²) < 4.78 is 26.7. The molecule has 4 nitrogen and oxygen atoms in total. The second-order valence-electron chi connectivity index (χ2n) is 5.61. The second-order valence-corrected chi connectivity index (χ2v) is 7.54. The van der Waals surface area contributed by atoms with Crippen molar-refractivity contribution in [2.24, 2.45) is 5.92 Å². The molecule has 5 heteroatoms. The molecule has 0 amide bonds. The molecule has 0 saturated carbocycles. The SMILES string of the molecule is Cc1cccc(CNS(=O)(=O)CCC2CCNCC2)c1. The summed E-state index contributed by atoms with van der Waals surface area (Å²) >= 11 is 0. The van der Waals surface area contributed by atoms with Crippen molar-refractivity contribution in [3.05, 3.63) is 35.4 Å². The normalized spacial score (nSPS) is 17.2. The van der Waals surface area contributed by atoms with Gasteiger partial charge in [-0.2, -0.15) is 0 Å². The smallest absolute Gasteiger partial charge is 0.211 e. The highest BCUT2D eigenvalue weighted by Gasteiger charge is 2.17. The Kier molecular flexibility index (Phi) is 5.57. The monoisotopic (exact) mass is 296 g/mol. The zero-order valence-electron chi connectivity index (χ0n) is 12.1. The van der Waals surface area contributed by atoms with Crippen LogP contribution in [0.4, 0.5) is 0 Å². The quantitative estimate of drug-likeness (QED) is 0.841. The van der Waals surface area contributed by atoms with E-state index in [2.05, 4.69) is 10.0 Å². The van der Waals surface area contributed by atoms with Crippen LogP contribution in [0.1, 0.15) is 30.4 Å². The Morgan fingerprint density at radius 1 is 1.30 bits per heavy atom. The average Bonchev–Trinajstić information content (AvgIpc) is 2.45. The van der Waals surface area contributed by atoms with E-state index in [1.807, 2.05) is 31.2 Å². The third-order valence-electron chi connectivity index (χ3n) is 3.83. The Morgan fingerprint density at radius 2 is 2.05 bits per heavy atom. The van der Waals surface area contributed by atoms with E-state index in [0.29, 0.717) is 12.5 Å². The molecule has 0 aliphatic carbocycles. The number of sulfonamides is 1. The molecule has 112 valence electrons. The molecule has 0 spiro atoms. The largest absolute Gasteiger partial charge is 0.317 e. The Hall–Kier alpha value is -0.910. The fourth-order valence-corrected chi connectivity index (χ4v) is 3.75. The summed E-state index contributed by atoms with van der Waals surface area (Å²) in [5.74, 6) is 0.788. The van der Waals surface area contributed by atoms with Gasteiger partial charge in [0.05, 0.1) is 5.75 Å². The molecule has 1 aliphatic rings. The van der Waals surface area contributed by atoms with Gasteiger partial charge in [-0.25, -0.2) is 13.1 Å². The summed E-state index contributed by atoms with van der Waals surface area (Å²) in [5.41, 5.74) is 2.16. The number of benzene rings is 1. The molecule has 2 N–H and O–H groups in total. The minimum atomic E-state index is -3.16. The summed E-state index contributed by atoms with van der Waals surface area (Å²) in [4.78, 5) is 0. The molecule has 0 bridgehead atoms. The predicted octanol–water partition coefficient (Wildman–Crippen LogP) is 1.80. The summed E-state index contributed by atoms with van der Waals surface area (Å²) in [6, 6.07) is 7.92. The molecular formula is C15H24N2O2S. The highest BCUT2D eigenvalue weighted by Crippen LogP contribution is 2.16. The van der Waals surface area contributed by atoms with Crippen LogP contribution in [-0.2, 0) is 16.6 Å². The average molecular weight is 296 g/mol. The fraction of sp³-hybridized carbons (Fsp3) is 0.600. The van der Waals surface area contributed by atoms with Crippen LogP contribution in [0, 0.1) is 12.8 Å². The predicted molar refractivity (Wildman–Crippen MR) is 82.0 cm³/mol. The van der Waals surface area contributed by atoms with Gasteiger partial charge in [-0.1, -0.05) is 29.8 Å². The van der Waals surface area contributed by atoms with E-state index in [4.69, 9.17) is 0 Å². The molecule has 0 atom stereocenters. The van der Waals surface area contributed by atoms with Gasteiger partial charge in [0.15, 0.2) is 0 Å². The van der Waals surface area contributed by atoms with Crippen molar-refractivity contribution in [2.45, 2.75) is 32.7 Å². The lowest BCUT2D eigenvalue weighted by molar-refractivity contribution is 0.365. The maximum atomic E-state index is 12.0. The topological polar surface area (TPSA) is 58.2 Å². The molecule has 0 radical (unpaired) electrons. The first-order valence-corrected chi connectivity index (χ1v) is 8.94. The lowest BCUT2D eigenvalue weighted by Gasteiger charge is -2.22. The van der Waals surface area contributed by atoms with Crippen molar-refractivity contribution >= 4 is 10.0 Å². The molecule has 1 aromatic carbocycles. The van der Waals surface area contributed by atoms with Crippen LogP contribution in [0.5, 0.6) is 0 Å². The number of piperidine rings is 1. The summed E-state index contributed by atoms with van der Waals surface area (Å²) in [6.45, 7) is 4.42. The van der Waals surface area contributed by atoms with E-state index in [9.17, 15) is 8.42 Å². The van der Waals surface area contributed by atoms with E-state index < -0.39 is 10.0 Å². The third kappa shape index (κ3) is 5.23. The number of hydrogen-bond acceptors (Lipinski definition) is 3. The van der Waals surface area contributed by atoms with Crippen LogP contribution in [0.2, 0.25) is 0 Å². The highest BCUT2D eigenvalue weighted by atomic mass is 32.2. The first-order chi connectivity index (χ1) is 9.55.